The van der Waals surface area contributed by atoms with E-state index in [0.29, 0.717) is 12.0 Å². The van der Waals surface area contributed by atoms with Gasteiger partial charge in [0.1, 0.15) is 5.82 Å². The average Bonchev–Trinajstić information content (AvgIpc) is 2.43. The molecule has 1 aromatic carbocycles. The van der Waals surface area contributed by atoms with E-state index < -0.39 is 0 Å². The molecule has 1 nitrogen and oxygen atoms in total. The van der Waals surface area contributed by atoms with Crippen molar-refractivity contribution in [3.05, 3.63) is 35.6 Å². The molecule has 1 aromatic rings. The van der Waals surface area contributed by atoms with Gasteiger partial charge in [-0.3, -0.25) is 0 Å². The van der Waals surface area contributed by atoms with Crippen molar-refractivity contribution in [1.82, 2.24) is 5.32 Å². The zero-order valence-electron chi connectivity index (χ0n) is 12.2. The lowest BCUT2D eigenvalue weighted by atomic mass is 9.74. The molecule has 106 valence electrons. The maximum absolute atomic E-state index is 13.8. The second-order valence-corrected chi connectivity index (χ2v) is 5.81. The van der Waals surface area contributed by atoms with Crippen LogP contribution in [-0.2, 0) is 6.42 Å². The summed E-state index contributed by atoms with van der Waals surface area (Å²) in [7, 11) is 0. The molecule has 0 bridgehead atoms. The van der Waals surface area contributed by atoms with Crippen LogP contribution in [0.5, 0.6) is 0 Å². The van der Waals surface area contributed by atoms with E-state index in [2.05, 4.69) is 19.2 Å². The molecule has 2 heteroatoms. The third-order valence-electron chi connectivity index (χ3n) is 4.57. The summed E-state index contributed by atoms with van der Waals surface area (Å²) in [5, 5.41) is 3.60. The molecular weight excluding hydrogens is 237 g/mol. The summed E-state index contributed by atoms with van der Waals surface area (Å²) < 4.78 is 13.8. The maximum Gasteiger partial charge on any atom is 0.126 e. The van der Waals surface area contributed by atoms with Gasteiger partial charge in [0, 0.05) is 6.04 Å². The van der Waals surface area contributed by atoms with Crippen molar-refractivity contribution in [2.45, 2.75) is 52.0 Å². The molecule has 2 rings (SSSR count). The highest BCUT2D eigenvalue weighted by Gasteiger charge is 2.29. The second kappa shape index (κ2) is 7.04. The largest absolute Gasteiger partial charge is 0.314 e. The summed E-state index contributed by atoms with van der Waals surface area (Å²) in [6.45, 7) is 5.44. The van der Waals surface area contributed by atoms with Crippen molar-refractivity contribution in [1.29, 1.82) is 0 Å². The second-order valence-electron chi connectivity index (χ2n) is 5.81. The first-order chi connectivity index (χ1) is 9.24. The quantitative estimate of drug-likeness (QED) is 0.840. The summed E-state index contributed by atoms with van der Waals surface area (Å²) in [4.78, 5) is 0. The van der Waals surface area contributed by atoms with Gasteiger partial charge >= 0.3 is 0 Å². The fraction of sp³-hybridized carbons (Fsp3) is 0.647. The standard InChI is InChI=1S/C17H26FN/c1-3-13-9-10-17(19-4-2)15(11-13)12-14-7-5-6-8-16(14)18/h5-8,13,15,17,19H,3-4,9-12H2,1-2H3. The zero-order chi connectivity index (χ0) is 13.7. The van der Waals surface area contributed by atoms with Crippen LogP contribution in [0.1, 0.15) is 45.1 Å². The molecule has 1 saturated carbocycles. The molecule has 1 aliphatic rings. The first-order valence-corrected chi connectivity index (χ1v) is 7.71. The van der Waals surface area contributed by atoms with Gasteiger partial charge in [-0.1, -0.05) is 38.5 Å². The van der Waals surface area contributed by atoms with E-state index >= 15 is 0 Å². The lowest BCUT2D eigenvalue weighted by molar-refractivity contribution is 0.199. The molecule has 0 saturated heterocycles. The molecule has 1 fully saturated rings. The van der Waals surface area contributed by atoms with Gasteiger partial charge < -0.3 is 5.32 Å². The van der Waals surface area contributed by atoms with Crippen molar-refractivity contribution in [3.63, 3.8) is 0 Å². The Morgan fingerprint density at radius 1 is 1.21 bits per heavy atom. The van der Waals surface area contributed by atoms with Crippen LogP contribution in [0, 0.1) is 17.7 Å². The Bertz CT molecular complexity index is 391. The van der Waals surface area contributed by atoms with Crippen molar-refractivity contribution in [2.75, 3.05) is 6.54 Å². The van der Waals surface area contributed by atoms with E-state index in [0.717, 1.165) is 24.4 Å². The van der Waals surface area contributed by atoms with Crippen molar-refractivity contribution in [3.8, 4) is 0 Å². The SMILES string of the molecule is CCNC1CCC(CC)CC1Cc1ccccc1F. The normalized spacial score (nSPS) is 27.4. The minimum Gasteiger partial charge on any atom is -0.314 e. The minimum atomic E-state index is -0.0450. The van der Waals surface area contributed by atoms with Crippen molar-refractivity contribution >= 4 is 0 Å². The monoisotopic (exact) mass is 263 g/mol. The number of rotatable bonds is 5. The van der Waals surface area contributed by atoms with Crippen LogP contribution in [0.15, 0.2) is 24.3 Å². The predicted octanol–water partition coefficient (Wildman–Crippen LogP) is 4.17. The molecule has 0 heterocycles. The highest BCUT2D eigenvalue weighted by atomic mass is 19.1. The van der Waals surface area contributed by atoms with E-state index in [1.165, 1.54) is 25.7 Å². The Kier molecular flexibility index (Phi) is 5.38. The molecule has 0 spiro atoms. The van der Waals surface area contributed by atoms with Gasteiger partial charge in [-0.05, 0) is 55.7 Å². The van der Waals surface area contributed by atoms with E-state index in [4.69, 9.17) is 0 Å². The fourth-order valence-electron chi connectivity index (χ4n) is 3.43. The van der Waals surface area contributed by atoms with Crippen LogP contribution in [0.3, 0.4) is 0 Å². The molecule has 1 aliphatic carbocycles. The Morgan fingerprint density at radius 2 is 2.00 bits per heavy atom. The van der Waals surface area contributed by atoms with E-state index in [9.17, 15) is 4.39 Å². The first-order valence-electron chi connectivity index (χ1n) is 7.71. The third kappa shape index (κ3) is 3.79. The fourth-order valence-corrected chi connectivity index (χ4v) is 3.43. The molecule has 0 amide bonds. The summed E-state index contributed by atoms with van der Waals surface area (Å²) >= 11 is 0. The van der Waals surface area contributed by atoms with Gasteiger partial charge in [0.15, 0.2) is 0 Å². The van der Waals surface area contributed by atoms with Gasteiger partial charge in [-0.25, -0.2) is 4.39 Å². The Labute approximate surface area is 116 Å². The maximum atomic E-state index is 13.8. The van der Waals surface area contributed by atoms with Gasteiger partial charge in [-0.15, -0.1) is 0 Å². The molecule has 1 N–H and O–H groups in total. The third-order valence-corrected chi connectivity index (χ3v) is 4.57. The molecule has 3 atom stereocenters. The van der Waals surface area contributed by atoms with Crippen LogP contribution in [0.25, 0.3) is 0 Å². The molecule has 0 aliphatic heterocycles. The summed E-state index contributed by atoms with van der Waals surface area (Å²) in [5.74, 6) is 1.36. The highest BCUT2D eigenvalue weighted by molar-refractivity contribution is 5.18. The van der Waals surface area contributed by atoms with Gasteiger partial charge in [0.2, 0.25) is 0 Å². The zero-order valence-corrected chi connectivity index (χ0v) is 12.2. The van der Waals surface area contributed by atoms with Gasteiger partial charge in [0.25, 0.3) is 0 Å². The predicted molar refractivity (Wildman–Crippen MR) is 78.7 cm³/mol. The molecule has 0 aromatic heterocycles. The summed E-state index contributed by atoms with van der Waals surface area (Å²) in [5.41, 5.74) is 0.882. The van der Waals surface area contributed by atoms with Crippen LogP contribution in [-0.4, -0.2) is 12.6 Å². The number of nitrogens with one attached hydrogen (secondary N) is 1. The van der Waals surface area contributed by atoms with E-state index in [1.54, 1.807) is 12.1 Å². The number of hydrogen-bond acceptors (Lipinski definition) is 1. The Balaban J connectivity index is 2.07. The molecule has 0 radical (unpaired) electrons. The van der Waals surface area contributed by atoms with Gasteiger partial charge in [0.05, 0.1) is 0 Å². The smallest absolute Gasteiger partial charge is 0.126 e. The lowest BCUT2D eigenvalue weighted by Gasteiger charge is -2.36. The van der Waals surface area contributed by atoms with Gasteiger partial charge in [-0.2, -0.15) is 0 Å². The molecule has 19 heavy (non-hydrogen) atoms. The number of benzene rings is 1. The first kappa shape index (κ1) is 14.5. The topological polar surface area (TPSA) is 12.0 Å². The molecule has 3 unspecified atom stereocenters. The van der Waals surface area contributed by atoms with Crippen molar-refractivity contribution in [2.24, 2.45) is 11.8 Å². The van der Waals surface area contributed by atoms with E-state index in [-0.39, 0.29) is 5.82 Å². The van der Waals surface area contributed by atoms with Crippen molar-refractivity contribution < 1.29 is 4.39 Å². The number of hydrogen-bond donors (Lipinski definition) is 1. The average molecular weight is 263 g/mol. The summed E-state index contributed by atoms with van der Waals surface area (Å²) in [6.07, 6.45) is 5.93. The highest BCUT2D eigenvalue weighted by Crippen LogP contribution is 2.33. The Morgan fingerprint density at radius 3 is 2.68 bits per heavy atom. The van der Waals surface area contributed by atoms with Crippen LogP contribution in [0.2, 0.25) is 0 Å². The van der Waals surface area contributed by atoms with E-state index in [1.807, 2.05) is 12.1 Å². The Hall–Kier alpha value is -0.890. The lowest BCUT2D eigenvalue weighted by Crippen LogP contribution is -2.41. The summed E-state index contributed by atoms with van der Waals surface area (Å²) in [6, 6.07) is 7.80. The van der Waals surface area contributed by atoms with Crippen LogP contribution in [0.4, 0.5) is 4.39 Å². The van der Waals surface area contributed by atoms with Crippen LogP contribution >= 0.6 is 0 Å². The number of halogens is 1. The van der Waals surface area contributed by atoms with Crippen LogP contribution < -0.4 is 5.32 Å². The molecular formula is C17H26FN. The minimum absolute atomic E-state index is 0.0450.